The number of methoxy groups -OCH3 is 1. The topological polar surface area (TPSA) is 42.7 Å². The maximum Gasteiger partial charge on any atom is 0.247 e. The van der Waals surface area contributed by atoms with Crippen molar-refractivity contribution in [2.24, 2.45) is 5.92 Å². The van der Waals surface area contributed by atoms with Gasteiger partial charge in [-0.15, -0.1) is 0 Å². The molecule has 0 N–H and O–H groups in total. The normalized spacial score (nSPS) is 24.5. The van der Waals surface area contributed by atoms with E-state index in [0.29, 0.717) is 12.0 Å². The third-order valence-corrected chi connectivity index (χ3v) is 7.57. The van der Waals surface area contributed by atoms with E-state index in [4.69, 9.17) is 9.15 Å². The Morgan fingerprint density at radius 2 is 1.90 bits per heavy atom. The minimum Gasteiger partial charge on any atom is -0.496 e. The first-order valence-electron chi connectivity index (χ1n) is 11.8. The van der Waals surface area contributed by atoms with Crippen molar-refractivity contribution in [3.05, 3.63) is 35.1 Å². The van der Waals surface area contributed by atoms with Crippen molar-refractivity contribution in [3.8, 4) is 5.75 Å². The smallest absolute Gasteiger partial charge is 0.247 e. The van der Waals surface area contributed by atoms with Crippen LogP contribution in [0.3, 0.4) is 0 Å². The summed E-state index contributed by atoms with van der Waals surface area (Å²) in [6, 6.07) is 4.62. The highest BCUT2D eigenvalue weighted by Gasteiger charge is 2.35. The number of hydrogen-bond acceptors (Lipinski definition) is 3. The minimum atomic E-state index is 0.167. The van der Waals surface area contributed by atoms with Crippen molar-refractivity contribution in [1.29, 1.82) is 0 Å². The zero-order valence-corrected chi connectivity index (χ0v) is 18.3. The molecule has 1 saturated carbocycles. The van der Waals surface area contributed by atoms with Crippen molar-refractivity contribution in [1.82, 2.24) is 4.90 Å². The molecule has 1 aromatic carbocycles. The maximum atomic E-state index is 13.3. The maximum absolute atomic E-state index is 13.3. The van der Waals surface area contributed by atoms with Gasteiger partial charge in [0.1, 0.15) is 17.1 Å². The quantitative estimate of drug-likeness (QED) is 0.595. The van der Waals surface area contributed by atoms with E-state index in [0.717, 1.165) is 54.0 Å². The molecule has 0 spiro atoms. The molecule has 4 nitrogen and oxygen atoms in total. The van der Waals surface area contributed by atoms with E-state index >= 15 is 0 Å². The van der Waals surface area contributed by atoms with Gasteiger partial charge in [0.05, 0.1) is 7.11 Å². The summed E-state index contributed by atoms with van der Waals surface area (Å²) in [6.07, 6.45) is 13.8. The number of ether oxygens (including phenoxy) is 1. The predicted molar refractivity (Wildman–Crippen MR) is 120 cm³/mol. The number of allylic oxidation sites excluding steroid dienone is 1. The van der Waals surface area contributed by atoms with E-state index in [9.17, 15) is 4.79 Å². The molecular weight excluding hydrogens is 374 g/mol. The molecule has 30 heavy (non-hydrogen) atoms. The van der Waals surface area contributed by atoms with E-state index in [1.54, 1.807) is 7.11 Å². The summed E-state index contributed by atoms with van der Waals surface area (Å²) in [6.45, 7) is 2.94. The number of hydrogen-bond donors (Lipinski definition) is 0. The molecule has 2 fully saturated rings. The molecule has 1 aromatic heterocycles. The highest BCUT2D eigenvalue weighted by molar-refractivity contribution is 5.97. The number of likely N-dealkylation sites (tertiary alicyclic amines) is 1. The summed E-state index contributed by atoms with van der Waals surface area (Å²) in [7, 11) is 1.69. The van der Waals surface area contributed by atoms with Crippen LogP contribution in [0.5, 0.6) is 5.75 Å². The van der Waals surface area contributed by atoms with E-state index < -0.39 is 0 Å². The molecule has 2 atom stereocenters. The Morgan fingerprint density at radius 1 is 1.10 bits per heavy atom. The summed E-state index contributed by atoms with van der Waals surface area (Å²) in [4.78, 5) is 15.4. The fourth-order valence-corrected chi connectivity index (χ4v) is 6.01. The van der Waals surface area contributed by atoms with Crippen LogP contribution in [-0.4, -0.2) is 30.5 Å². The third-order valence-electron chi connectivity index (χ3n) is 7.57. The van der Waals surface area contributed by atoms with Crippen LogP contribution in [0.15, 0.2) is 22.6 Å². The molecule has 1 amide bonds. The van der Waals surface area contributed by atoms with E-state index in [1.807, 2.05) is 19.1 Å². The lowest BCUT2D eigenvalue weighted by molar-refractivity contribution is -0.132. The molecule has 3 aliphatic rings. The standard InChI is InChI=1S/C26H33NO3/c1-17(14-26(28)27-13-7-9-18-8-3-5-11-22(18)27)20-15-21-19-10-4-6-12-23(19)30-25(21)16-24(20)29-2/h14-16,18,22H,3-13H2,1-2H3/b17-14+. The number of amides is 1. The zero-order chi connectivity index (χ0) is 20.7. The summed E-state index contributed by atoms with van der Waals surface area (Å²) < 4.78 is 11.8. The van der Waals surface area contributed by atoms with Crippen molar-refractivity contribution < 1.29 is 13.9 Å². The number of nitrogens with zero attached hydrogens (tertiary/aromatic N) is 1. The summed E-state index contributed by atoms with van der Waals surface area (Å²) in [5, 5.41) is 1.19. The van der Waals surface area contributed by atoms with Crippen LogP contribution in [0.1, 0.15) is 75.2 Å². The lowest BCUT2D eigenvalue weighted by atomic mass is 9.78. The number of furan rings is 1. The Labute approximate surface area is 179 Å². The lowest BCUT2D eigenvalue weighted by Crippen LogP contribution is -2.49. The van der Waals surface area contributed by atoms with Crippen molar-refractivity contribution >= 4 is 22.4 Å². The van der Waals surface area contributed by atoms with E-state index in [2.05, 4.69) is 11.0 Å². The molecule has 2 heterocycles. The molecule has 160 valence electrons. The van der Waals surface area contributed by atoms with Crippen LogP contribution in [0.4, 0.5) is 0 Å². The fourth-order valence-electron chi connectivity index (χ4n) is 6.01. The number of carbonyl (C=O) groups is 1. The minimum absolute atomic E-state index is 0.167. The number of piperidine rings is 1. The van der Waals surface area contributed by atoms with Gasteiger partial charge in [0, 0.05) is 47.7 Å². The first kappa shape index (κ1) is 19.7. The largest absolute Gasteiger partial charge is 0.496 e. The number of carbonyl (C=O) groups excluding carboxylic acids is 1. The van der Waals surface area contributed by atoms with Gasteiger partial charge in [0.2, 0.25) is 5.91 Å². The fraction of sp³-hybridized carbons (Fsp3) is 0.577. The number of rotatable bonds is 3. The van der Waals surface area contributed by atoms with Gasteiger partial charge in [-0.3, -0.25) is 4.79 Å². The van der Waals surface area contributed by atoms with E-state index in [1.165, 1.54) is 55.9 Å². The number of aryl methyl sites for hydroxylation is 2. The second-order valence-electron chi connectivity index (χ2n) is 9.37. The predicted octanol–water partition coefficient (Wildman–Crippen LogP) is 5.90. The summed E-state index contributed by atoms with van der Waals surface area (Å²) in [5.41, 5.74) is 4.23. The van der Waals surface area contributed by atoms with Gasteiger partial charge in [-0.25, -0.2) is 0 Å². The van der Waals surface area contributed by atoms with Crippen molar-refractivity contribution in [2.75, 3.05) is 13.7 Å². The Balaban J connectivity index is 1.47. The first-order chi connectivity index (χ1) is 14.7. The second kappa shape index (κ2) is 8.13. The highest BCUT2D eigenvalue weighted by atomic mass is 16.5. The molecule has 2 unspecified atom stereocenters. The van der Waals surface area contributed by atoms with Gasteiger partial charge in [0.25, 0.3) is 0 Å². The monoisotopic (exact) mass is 407 g/mol. The van der Waals surface area contributed by atoms with Gasteiger partial charge in [0.15, 0.2) is 0 Å². The van der Waals surface area contributed by atoms with Crippen LogP contribution < -0.4 is 4.74 Å². The zero-order valence-electron chi connectivity index (χ0n) is 18.3. The van der Waals surface area contributed by atoms with Gasteiger partial charge in [-0.1, -0.05) is 12.8 Å². The van der Waals surface area contributed by atoms with Gasteiger partial charge < -0.3 is 14.1 Å². The molecule has 2 aromatic rings. The second-order valence-corrected chi connectivity index (χ2v) is 9.37. The Morgan fingerprint density at radius 3 is 2.77 bits per heavy atom. The van der Waals surface area contributed by atoms with Gasteiger partial charge in [-0.05, 0) is 69.4 Å². The van der Waals surface area contributed by atoms with Crippen molar-refractivity contribution in [3.63, 3.8) is 0 Å². The molecule has 2 aliphatic carbocycles. The van der Waals surface area contributed by atoms with Crippen molar-refractivity contribution in [2.45, 2.75) is 77.2 Å². The SMILES string of the molecule is COc1cc2oc3c(c2cc1/C(C)=C/C(=O)N1CCCC2CCCCC21)CCCC3. The number of fused-ring (bicyclic) bond motifs is 4. The van der Waals surface area contributed by atoms with Crippen LogP contribution in [0.2, 0.25) is 0 Å². The Kier molecular flexibility index (Phi) is 5.34. The van der Waals surface area contributed by atoms with Crippen LogP contribution in [-0.2, 0) is 17.6 Å². The molecule has 0 radical (unpaired) electrons. The summed E-state index contributed by atoms with van der Waals surface area (Å²) >= 11 is 0. The average Bonchev–Trinajstić information content (AvgIpc) is 3.15. The summed E-state index contributed by atoms with van der Waals surface area (Å²) in [5.74, 6) is 2.78. The Hall–Kier alpha value is -2.23. The van der Waals surface area contributed by atoms with Crippen LogP contribution >= 0.6 is 0 Å². The molecular formula is C26H33NO3. The molecule has 0 bridgehead atoms. The van der Waals surface area contributed by atoms with Crippen LogP contribution in [0, 0.1) is 5.92 Å². The van der Waals surface area contributed by atoms with Gasteiger partial charge >= 0.3 is 0 Å². The highest BCUT2D eigenvalue weighted by Crippen LogP contribution is 2.39. The molecule has 1 saturated heterocycles. The first-order valence-corrected chi connectivity index (χ1v) is 11.8. The third kappa shape index (κ3) is 3.44. The number of benzene rings is 1. The lowest BCUT2D eigenvalue weighted by Gasteiger charge is -2.43. The van der Waals surface area contributed by atoms with E-state index in [-0.39, 0.29) is 5.91 Å². The average molecular weight is 408 g/mol. The van der Waals surface area contributed by atoms with Crippen LogP contribution in [0.25, 0.3) is 16.5 Å². The Bertz CT molecular complexity index is 984. The molecule has 4 heteroatoms. The molecule has 1 aliphatic heterocycles. The van der Waals surface area contributed by atoms with Gasteiger partial charge in [-0.2, -0.15) is 0 Å². The molecule has 5 rings (SSSR count).